The van der Waals surface area contributed by atoms with Crippen molar-refractivity contribution in [2.24, 2.45) is 0 Å². The quantitative estimate of drug-likeness (QED) is 0.495. The van der Waals surface area contributed by atoms with Crippen LogP contribution in [0.3, 0.4) is 0 Å². The topological polar surface area (TPSA) is 63.0 Å². The monoisotopic (exact) mass is 496 g/mol. The Morgan fingerprint density at radius 3 is 2.47 bits per heavy atom. The lowest BCUT2D eigenvalue weighted by Crippen LogP contribution is -2.48. The van der Waals surface area contributed by atoms with E-state index in [1.165, 1.54) is 35.8 Å². The number of benzene rings is 1. The van der Waals surface area contributed by atoms with Gasteiger partial charge < -0.3 is 14.1 Å². The van der Waals surface area contributed by atoms with Crippen molar-refractivity contribution in [1.82, 2.24) is 9.80 Å². The molecule has 1 fully saturated rings. The van der Waals surface area contributed by atoms with Gasteiger partial charge >= 0.3 is 0 Å². The fraction of sp³-hybridized carbons (Fsp3) is 0.273. The van der Waals surface area contributed by atoms with E-state index in [2.05, 4.69) is 4.90 Å². The number of rotatable bonds is 6. The van der Waals surface area contributed by atoms with Gasteiger partial charge in [0.1, 0.15) is 28.8 Å². The smallest absolute Gasteiger partial charge is 0.256 e. The Balaban J connectivity index is 1.30. The molecule has 6 nitrogen and oxygen atoms in total. The van der Waals surface area contributed by atoms with Gasteiger partial charge in [0, 0.05) is 32.2 Å². The van der Waals surface area contributed by atoms with E-state index in [9.17, 15) is 14.0 Å². The Hall–Kier alpha value is -2.39. The summed E-state index contributed by atoms with van der Waals surface area (Å²) in [4.78, 5) is 28.8. The molecule has 0 aliphatic carbocycles. The Labute approximate surface area is 197 Å². The third kappa shape index (κ3) is 5.50. The van der Waals surface area contributed by atoms with Crippen molar-refractivity contribution in [1.29, 1.82) is 0 Å². The summed E-state index contributed by atoms with van der Waals surface area (Å²) in [6.07, 6.45) is 1.29. The summed E-state index contributed by atoms with van der Waals surface area (Å²) < 4.78 is 24.9. The molecule has 0 atom stereocenters. The number of carbonyl (C=O) groups is 1. The highest BCUT2D eigenvalue weighted by atomic mass is 35.5. The van der Waals surface area contributed by atoms with Crippen LogP contribution in [0.15, 0.2) is 51.9 Å². The number of nitrogens with zero attached hydrogens (tertiary/aromatic N) is 2. The van der Waals surface area contributed by atoms with E-state index in [0.29, 0.717) is 52.7 Å². The van der Waals surface area contributed by atoms with Crippen molar-refractivity contribution in [2.75, 3.05) is 26.2 Å². The van der Waals surface area contributed by atoms with Crippen molar-refractivity contribution < 1.29 is 18.3 Å². The van der Waals surface area contributed by atoms with Crippen LogP contribution in [0.2, 0.25) is 8.67 Å². The van der Waals surface area contributed by atoms with Gasteiger partial charge in [0.2, 0.25) is 11.2 Å². The van der Waals surface area contributed by atoms with Gasteiger partial charge in [-0.25, -0.2) is 4.39 Å². The minimum absolute atomic E-state index is 0.0970. The first-order chi connectivity index (χ1) is 15.4. The van der Waals surface area contributed by atoms with Crippen LogP contribution in [0.5, 0.6) is 5.75 Å². The number of ether oxygens (including phenoxy) is 1. The summed E-state index contributed by atoms with van der Waals surface area (Å²) in [5, 5.41) is 0. The highest BCUT2D eigenvalue weighted by Gasteiger charge is 2.25. The van der Waals surface area contributed by atoms with E-state index in [1.54, 1.807) is 23.1 Å². The molecule has 10 heteroatoms. The summed E-state index contributed by atoms with van der Waals surface area (Å²) >= 11 is 13.2. The van der Waals surface area contributed by atoms with E-state index in [4.69, 9.17) is 32.4 Å². The molecule has 0 saturated carbocycles. The lowest BCUT2D eigenvalue weighted by atomic mass is 10.2. The van der Waals surface area contributed by atoms with Gasteiger partial charge in [0.05, 0.1) is 16.4 Å². The lowest BCUT2D eigenvalue weighted by molar-refractivity contribution is 0.0620. The van der Waals surface area contributed by atoms with Crippen LogP contribution in [0.1, 0.15) is 21.7 Å². The fourth-order valence-corrected chi connectivity index (χ4v) is 4.80. The first kappa shape index (κ1) is 22.8. The minimum Gasteiger partial charge on any atom is -0.482 e. The summed E-state index contributed by atoms with van der Waals surface area (Å²) in [5.41, 5.74) is 0.886. The number of piperazine rings is 1. The lowest BCUT2D eigenvalue weighted by Gasteiger charge is -2.34. The zero-order valence-electron chi connectivity index (χ0n) is 16.9. The largest absolute Gasteiger partial charge is 0.482 e. The van der Waals surface area contributed by atoms with E-state index in [0.717, 1.165) is 5.56 Å². The van der Waals surface area contributed by atoms with Gasteiger partial charge in [-0.05, 0) is 23.8 Å². The first-order valence-corrected chi connectivity index (χ1v) is 11.4. The van der Waals surface area contributed by atoms with Crippen LogP contribution in [-0.2, 0) is 13.2 Å². The van der Waals surface area contributed by atoms with Crippen molar-refractivity contribution in [2.45, 2.75) is 13.2 Å². The third-order valence-electron chi connectivity index (χ3n) is 5.09. The molecule has 3 heterocycles. The maximum absolute atomic E-state index is 13.0. The molecule has 32 heavy (non-hydrogen) atoms. The number of halogens is 3. The Morgan fingerprint density at radius 1 is 1.12 bits per heavy atom. The van der Waals surface area contributed by atoms with E-state index in [1.807, 2.05) is 0 Å². The van der Waals surface area contributed by atoms with Gasteiger partial charge in [-0.1, -0.05) is 35.3 Å². The molecule has 1 aromatic carbocycles. The maximum atomic E-state index is 13.0. The SMILES string of the molecule is O=C(c1cc(Cl)sc1Cl)N1CCN(Cc2cc(=O)c(OCc3ccc(F)cc3)co2)CC1. The summed E-state index contributed by atoms with van der Waals surface area (Å²) in [6, 6.07) is 8.86. The molecule has 0 unspecified atom stereocenters. The van der Waals surface area contributed by atoms with Crippen molar-refractivity contribution in [3.63, 3.8) is 0 Å². The molecule has 168 valence electrons. The molecule has 1 aliphatic rings. The second kappa shape index (κ2) is 10.0. The molecule has 1 saturated heterocycles. The molecule has 3 aromatic rings. The molecule has 4 rings (SSSR count). The van der Waals surface area contributed by atoms with Gasteiger partial charge in [-0.15, -0.1) is 11.3 Å². The highest BCUT2D eigenvalue weighted by Crippen LogP contribution is 2.32. The second-order valence-electron chi connectivity index (χ2n) is 7.30. The van der Waals surface area contributed by atoms with E-state index < -0.39 is 0 Å². The number of hydrogen-bond acceptors (Lipinski definition) is 6. The van der Waals surface area contributed by atoms with Gasteiger partial charge in [-0.3, -0.25) is 14.5 Å². The number of amides is 1. The third-order valence-corrected chi connectivity index (χ3v) is 6.57. The molecular weight excluding hydrogens is 478 g/mol. The average molecular weight is 497 g/mol. The van der Waals surface area contributed by atoms with Crippen LogP contribution in [0.4, 0.5) is 4.39 Å². The molecule has 0 bridgehead atoms. The average Bonchev–Trinajstić information content (AvgIpc) is 3.12. The fourth-order valence-electron chi connectivity index (χ4n) is 3.35. The Kier molecular flexibility index (Phi) is 7.15. The number of thiophene rings is 1. The molecule has 0 radical (unpaired) electrons. The predicted molar refractivity (Wildman–Crippen MR) is 121 cm³/mol. The molecule has 1 amide bonds. The maximum Gasteiger partial charge on any atom is 0.256 e. The standard InChI is InChI=1S/C22H19Cl2FN2O4S/c23-20-10-17(21(24)32-20)22(29)27-7-5-26(6-8-27)11-16-9-18(28)19(13-30-16)31-12-14-1-3-15(25)4-2-14/h1-4,9-10,13H,5-8,11-12H2. The predicted octanol–water partition coefficient (Wildman–Crippen LogP) is 4.68. The summed E-state index contributed by atoms with van der Waals surface area (Å²) in [7, 11) is 0. The number of carbonyl (C=O) groups excluding carboxylic acids is 1. The molecule has 0 N–H and O–H groups in total. The van der Waals surface area contributed by atoms with Crippen molar-refractivity contribution in [3.8, 4) is 5.75 Å². The minimum atomic E-state index is -0.331. The molecule has 0 spiro atoms. The zero-order valence-corrected chi connectivity index (χ0v) is 19.2. The normalized spacial score (nSPS) is 14.5. The van der Waals surface area contributed by atoms with E-state index >= 15 is 0 Å². The molecular formula is C22H19Cl2FN2O4S. The van der Waals surface area contributed by atoms with E-state index in [-0.39, 0.29) is 29.5 Å². The second-order valence-corrected chi connectivity index (χ2v) is 9.58. The van der Waals surface area contributed by atoms with Crippen molar-refractivity contribution >= 4 is 40.4 Å². The highest BCUT2D eigenvalue weighted by molar-refractivity contribution is 7.20. The van der Waals surface area contributed by atoms with Crippen LogP contribution in [0, 0.1) is 5.82 Å². The first-order valence-electron chi connectivity index (χ1n) is 9.84. The summed E-state index contributed by atoms with van der Waals surface area (Å²) in [6.45, 7) is 2.92. The molecule has 1 aliphatic heterocycles. The Bertz CT molecular complexity index is 1160. The van der Waals surface area contributed by atoms with Crippen LogP contribution >= 0.6 is 34.5 Å². The van der Waals surface area contributed by atoms with Crippen LogP contribution in [0.25, 0.3) is 0 Å². The van der Waals surface area contributed by atoms with Crippen LogP contribution < -0.4 is 10.2 Å². The summed E-state index contributed by atoms with van der Waals surface area (Å²) in [5.74, 6) is 0.144. The van der Waals surface area contributed by atoms with Gasteiger partial charge in [0.25, 0.3) is 5.91 Å². The van der Waals surface area contributed by atoms with Gasteiger partial charge in [-0.2, -0.15) is 0 Å². The number of hydrogen-bond donors (Lipinski definition) is 0. The van der Waals surface area contributed by atoms with Crippen LogP contribution in [-0.4, -0.2) is 41.9 Å². The Morgan fingerprint density at radius 2 is 1.84 bits per heavy atom. The van der Waals surface area contributed by atoms with Crippen molar-refractivity contribution in [3.05, 3.63) is 84.3 Å². The molecule has 2 aromatic heterocycles. The van der Waals surface area contributed by atoms with Gasteiger partial charge in [0.15, 0.2) is 0 Å². The zero-order chi connectivity index (χ0) is 22.7.